The van der Waals surface area contributed by atoms with Crippen molar-refractivity contribution in [3.8, 4) is 5.75 Å². The predicted molar refractivity (Wildman–Crippen MR) is 92.1 cm³/mol. The number of hydrogen-bond donors (Lipinski definition) is 0. The Morgan fingerprint density at radius 1 is 1.33 bits per heavy atom. The van der Waals surface area contributed by atoms with E-state index in [4.69, 9.17) is 16.3 Å². The molecule has 0 heterocycles. The molecular weight excluding hydrogens is 348 g/mol. The summed E-state index contributed by atoms with van der Waals surface area (Å²) in [4.78, 5) is 0. The van der Waals surface area contributed by atoms with Gasteiger partial charge in [0.05, 0.1) is 16.5 Å². The normalized spacial score (nSPS) is 28.8. The smallest absolute Gasteiger partial charge is 0.133 e. The molecular formula is C18H24BrClO. The van der Waals surface area contributed by atoms with Gasteiger partial charge in [-0.25, -0.2) is 0 Å². The summed E-state index contributed by atoms with van der Waals surface area (Å²) in [5, 5.41) is 0.130. The fourth-order valence-electron chi connectivity index (χ4n) is 4.11. The van der Waals surface area contributed by atoms with E-state index in [1.54, 1.807) is 0 Å². The van der Waals surface area contributed by atoms with Gasteiger partial charge in [-0.05, 0) is 83.5 Å². The van der Waals surface area contributed by atoms with Crippen LogP contribution in [-0.4, -0.2) is 6.61 Å². The number of ether oxygens (including phenoxy) is 1. The van der Waals surface area contributed by atoms with Gasteiger partial charge in [0.2, 0.25) is 0 Å². The van der Waals surface area contributed by atoms with Crippen LogP contribution in [0.25, 0.3) is 0 Å². The Balaban J connectivity index is 1.62. The van der Waals surface area contributed by atoms with E-state index in [0.29, 0.717) is 0 Å². The molecule has 4 atom stereocenters. The average molecular weight is 372 g/mol. The zero-order chi connectivity index (χ0) is 14.8. The second-order valence-electron chi connectivity index (χ2n) is 6.68. The van der Waals surface area contributed by atoms with Gasteiger partial charge in [0, 0.05) is 0 Å². The molecule has 1 aromatic carbocycles. The van der Waals surface area contributed by atoms with E-state index in [1.165, 1.54) is 31.2 Å². The molecule has 0 amide bonds. The summed E-state index contributed by atoms with van der Waals surface area (Å²) in [6.45, 7) is 2.87. The molecule has 3 rings (SSSR count). The molecule has 0 spiro atoms. The SMILES string of the molecule is CCCOc1ccc(C(Cl)CC2CC3CCC2C3)cc1Br. The minimum Gasteiger partial charge on any atom is -0.492 e. The summed E-state index contributed by atoms with van der Waals surface area (Å²) in [6.07, 6.45) is 7.92. The number of hydrogen-bond acceptors (Lipinski definition) is 1. The Labute approximate surface area is 141 Å². The minimum atomic E-state index is 0.130. The van der Waals surface area contributed by atoms with Crippen LogP contribution in [0.15, 0.2) is 22.7 Å². The van der Waals surface area contributed by atoms with Gasteiger partial charge in [-0.15, -0.1) is 11.6 Å². The number of alkyl halides is 1. The Morgan fingerprint density at radius 3 is 2.81 bits per heavy atom. The molecule has 2 bridgehead atoms. The molecule has 0 N–H and O–H groups in total. The summed E-state index contributed by atoms with van der Waals surface area (Å²) < 4.78 is 6.72. The molecule has 2 fully saturated rings. The lowest BCUT2D eigenvalue weighted by molar-refractivity contribution is 0.310. The second kappa shape index (κ2) is 6.91. The molecule has 21 heavy (non-hydrogen) atoms. The maximum Gasteiger partial charge on any atom is 0.133 e. The van der Waals surface area contributed by atoms with Crippen molar-refractivity contribution in [2.45, 2.75) is 50.8 Å². The van der Waals surface area contributed by atoms with Crippen molar-refractivity contribution in [1.29, 1.82) is 0 Å². The van der Waals surface area contributed by atoms with E-state index >= 15 is 0 Å². The minimum absolute atomic E-state index is 0.130. The highest BCUT2D eigenvalue weighted by Crippen LogP contribution is 2.51. The quantitative estimate of drug-likeness (QED) is 0.530. The van der Waals surface area contributed by atoms with Crippen LogP contribution in [0, 0.1) is 17.8 Å². The van der Waals surface area contributed by atoms with E-state index < -0.39 is 0 Å². The van der Waals surface area contributed by atoms with Crippen LogP contribution in [0.4, 0.5) is 0 Å². The first-order chi connectivity index (χ1) is 10.2. The molecule has 0 radical (unpaired) electrons. The Morgan fingerprint density at radius 2 is 2.19 bits per heavy atom. The molecule has 4 unspecified atom stereocenters. The highest BCUT2D eigenvalue weighted by molar-refractivity contribution is 9.10. The summed E-state index contributed by atoms with van der Waals surface area (Å²) in [6, 6.07) is 6.31. The van der Waals surface area contributed by atoms with Crippen LogP contribution in [-0.2, 0) is 0 Å². The van der Waals surface area contributed by atoms with Gasteiger partial charge < -0.3 is 4.74 Å². The van der Waals surface area contributed by atoms with Gasteiger partial charge in [0.25, 0.3) is 0 Å². The molecule has 3 heteroatoms. The van der Waals surface area contributed by atoms with Crippen molar-refractivity contribution < 1.29 is 4.74 Å². The average Bonchev–Trinajstić information content (AvgIpc) is 3.08. The van der Waals surface area contributed by atoms with Gasteiger partial charge >= 0.3 is 0 Å². The van der Waals surface area contributed by atoms with Gasteiger partial charge in [-0.1, -0.05) is 19.4 Å². The van der Waals surface area contributed by atoms with Gasteiger partial charge in [-0.3, -0.25) is 0 Å². The zero-order valence-corrected chi connectivity index (χ0v) is 15.0. The number of benzene rings is 1. The Hall–Kier alpha value is -0.210. The molecule has 116 valence electrons. The van der Waals surface area contributed by atoms with Gasteiger partial charge in [0.1, 0.15) is 5.75 Å². The molecule has 0 saturated heterocycles. The number of rotatable bonds is 6. The highest BCUT2D eigenvalue weighted by atomic mass is 79.9. The lowest BCUT2D eigenvalue weighted by atomic mass is 9.84. The van der Waals surface area contributed by atoms with E-state index in [1.807, 2.05) is 6.07 Å². The standard InChI is InChI=1S/C18H24BrClO/c1-2-7-21-18-6-5-14(10-16(18)19)17(20)11-15-9-12-3-4-13(15)8-12/h5-6,10,12-13,15,17H,2-4,7-9,11H2,1H3. The van der Waals surface area contributed by atoms with Crippen LogP contribution >= 0.6 is 27.5 Å². The van der Waals surface area contributed by atoms with Crippen LogP contribution in [0.3, 0.4) is 0 Å². The topological polar surface area (TPSA) is 9.23 Å². The monoisotopic (exact) mass is 370 g/mol. The van der Waals surface area contributed by atoms with E-state index in [9.17, 15) is 0 Å². The molecule has 2 aliphatic rings. The van der Waals surface area contributed by atoms with E-state index in [2.05, 4.69) is 35.0 Å². The summed E-state index contributed by atoms with van der Waals surface area (Å²) in [7, 11) is 0. The van der Waals surface area contributed by atoms with Gasteiger partial charge in [-0.2, -0.15) is 0 Å². The van der Waals surface area contributed by atoms with E-state index in [-0.39, 0.29) is 5.38 Å². The maximum absolute atomic E-state index is 6.69. The molecule has 1 nitrogen and oxygen atoms in total. The summed E-state index contributed by atoms with van der Waals surface area (Å²) >= 11 is 10.3. The lowest BCUT2D eigenvalue weighted by Gasteiger charge is -2.24. The van der Waals surface area contributed by atoms with E-state index in [0.717, 1.165) is 47.4 Å². The van der Waals surface area contributed by atoms with Crippen LogP contribution < -0.4 is 4.74 Å². The van der Waals surface area contributed by atoms with Crippen molar-refractivity contribution in [3.05, 3.63) is 28.2 Å². The first kappa shape index (κ1) is 15.7. The maximum atomic E-state index is 6.69. The Bertz CT molecular complexity index is 490. The van der Waals surface area contributed by atoms with Crippen molar-refractivity contribution in [2.75, 3.05) is 6.61 Å². The number of halogens is 2. The van der Waals surface area contributed by atoms with Crippen molar-refractivity contribution in [2.24, 2.45) is 17.8 Å². The fraction of sp³-hybridized carbons (Fsp3) is 0.667. The molecule has 2 saturated carbocycles. The largest absolute Gasteiger partial charge is 0.492 e. The first-order valence-electron chi connectivity index (χ1n) is 8.23. The zero-order valence-electron chi connectivity index (χ0n) is 12.7. The van der Waals surface area contributed by atoms with Gasteiger partial charge in [0.15, 0.2) is 0 Å². The molecule has 2 aliphatic carbocycles. The fourth-order valence-corrected chi connectivity index (χ4v) is 4.98. The first-order valence-corrected chi connectivity index (χ1v) is 9.46. The second-order valence-corrected chi connectivity index (χ2v) is 8.06. The highest BCUT2D eigenvalue weighted by Gasteiger charge is 2.40. The Kier molecular flexibility index (Phi) is 5.16. The van der Waals surface area contributed by atoms with Crippen LogP contribution in [0.5, 0.6) is 5.75 Å². The summed E-state index contributed by atoms with van der Waals surface area (Å²) in [5.74, 6) is 3.72. The van der Waals surface area contributed by atoms with Crippen molar-refractivity contribution >= 4 is 27.5 Å². The van der Waals surface area contributed by atoms with Crippen LogP contribution in [0.1, 0.15) is 56.4 Å². The third kappa shape index (κ3) is 3.59. The third-order valence-corrected chi connectivity index (χ3v) is 6.22. The number of fused-ring (bicyclic) bond motifs is 2. The van der Waals surface area contributed by atoms with Crippen molar-refractivity contribution in [1.82, 2.24) is 0 Å². The summed E-state index contributed by atoms with van der Waals surface area (Å²) in [5.41, 5.74) is 1.22. The molecule has 0 aromatic heterocycles. The molecule has 1 aromatic rings. The third-order valence-electron chi connectivity index (χ3n) is 5.17. The van der Waals surface area contributed by atoms with Crippen molar-refractivity contribution in [3.63, 3.8) is 0 Å². The lowest BCUT2D eigenvalue weighted by Crippen LogP contribution is -2.12. The molecule has 0 aliphatic heterocycles. The van der Waals surface area contributed by atoms with Crippen LogP contribution in [0.2, 0.25) is 0 Å². The predicted octanol–water partition coefficient (Wildman–Crippen LogP) is 6.34.